The Labute approximate surface area is 83.3 Å². The van der Waals surface area contributed by atoms with Crippen LogP contribution in [0.3, 0.4) is 0 Å². The smallest absolute Gasteiger partial charge is 0.153 e. The highest BCUT2D eigenvalue weighted by Crippen LogP contribution is 2.17. The number of aliphatic hydroxyl groups is 1. The van der Waals surface area contributed by atoms with Crippen molar-refractivity contribution < 1.29 is 14.6 Å². The average molecular weight is 194 g/mol. The summed E-state index contributed by atoms with van der Waals surface area (Å²) in [6.07, 6.45) is -0.143. The normalized spacial score (nSPS) is 14.5. The number of para-hydroxylation sites is 1. The SMILES string of the molecule is CC(O)C(C)Oc1ccccc1C=O. The fraction of sp³-hybridized carbons (Fsp3) is 0.364. The molecule has 1 N–H and O–H groups in total. The lowest BCUT2D eigenvalue weighted by Gasteiger charge is -2.17. The number of hydrogen-bond acceptors (Lipinski definition) is 3. The molecule has 0 aliphatic rings. The van der Waals surface area contributed by atoms with Crippen LogP contribution in [0.25, 0.3) is 0 Å². The van der Waals surface area contributed by atoms with Gasteiger partial charge < -0.3 is 9.84 Å². The highest BCUT2D eigenvalue weighted by Gasteiger charge is 2.11. The highest BCUT2D eigenvalue weighted by atomic mass is 16.5. The van der Waals surface area contributed by atoms with Crippen molar-refractivity contribution in [3.05, 3.63) is 29.8 Å². The van der Waals surface area contributed by atoms with Crippen molar-refractivity contribution in [2.24, 2.45) is 0 Å². The minimum atomic E-state index is -0.560. The second kappa shape index (κ2) is 4.77. The quantitative estimate of drug-likeness (QED) is 0.741. The number of aliphatic hydroxyl groups excluding tert-OH is 1. The van der Waals surface area contributed by atoms with Gasteiger partial charge in [-0.3, -0.25) is 4.79 Å². The van der Waals surface area contributed by atoms with E-state index in [1.807, 2.05) is 0 Å². The molecule has 0 aliphatic carbocycles. The van der Waals surface area contributed by atoms with Crippen molar-refractivity contribution in [2.45, 2.75) is 26.1 Å². The molecular weight excluding hydrogens is 180 g/mol. The summed E-state index contributed by atoms with van der Waals surface area (Å²) in [5.74, 6) is 0.510. The van der Waals surface area contributed by atoms with Crippen LogP contribution in [-0.2, 0) is 0 Å². The van der Waals surface area contributed by atoms with Crippen LogP contribution in [0.4, 0.5) is 0 Å². The summed E-state index contributed by atoms with van der Waals surface area (Å²) >= 11 is 0. The molecular formula is C11H14O3. The molecule has 2 atom stereocenters. The van der Waals surface area contributed by atoms with E-state index in [1.54, 1.807) is 38.1 Å². The van der Waals surface area contributed by atoms with E-state index in [4.69, 9.17) is 4.74 Å². The van der Waals surface area contributed by atoms with Crippen LogP contribution in [0.5, 0.6) is 5.75 Å². The van der Waals surface area contributed by atoms with Crippen LogP contribution in [0.2, 0.25) is 0 Å². The summed E-state index contributed by atoms with van der Waals surface area (Å²) in [6, 6.07) is 6.94. The molecule has 76 valence electrons. The number of hydrogen-bond donors (Lipinski definition) is 1. The standard InChI is InChI=1S/C11H14O3/c1-8(13)9(2)14-11-6-4-3-5-10(11)7-12/h3-9,13H,1-2H3. The zero-order valence-electron chi connectivity index (χ0n) is 8.31. The molecule has 14 heavy (non-hydrogen) atoms. The lowest BCUT2D eigenvalue weighted by atomic mass is 10.2. The third kappa shape index (κ3) is 2.57. The first kappa shape index (κ1) is 10.7. The van der Waals surface area contributed by atoms with Crippen molar-refractivity contribution in [1.82, 2.24) is 0 Å². The van der Waals surface area contributed by atoms with Gasteiger partial charge >= 0.3 is 0 Å². The van der Waals surface area contributed by atoms with Gasteiger partial charge in [-0.15, -0.1) is 0 Å². The van der Waals surface area contributed by atoms with Crippen LogP contribution in [0.1, 0.15) is 24.2 Å². The maximum absolute atomic E-state index is 10.6. The van der Waals surface area contributed by atoms with E-state index >= 15 is 0 Å². The summed E-state index contributed by atoms with van der Waals surface area (Å²) in [6.45, 7) is 3.40. The summed E-state index contributed by atoms with van der Waals surface area (Å²) < 4.78 is 5.42. The van der Waals surface area contributed by atoms with Crippen molar-refractivity contribution in [1.29, 1.82) is 0 Å². The van der Waals surface area contributed by atoms with Crippen LogP contribution in [-0.4, -0.2) is 23.6 Å². The Kier molecular flexibility index (Phi) is 3.65. The van der Waals surface area contributed by atoms with Gasteiger partial charge in [0.1, 0.15) is 11.9 Å². The molecule has 0 saturated carbocycles. The van der Waals surface area contributed by atoms with E-state index in [1.165, 1.54) is 0 Å². The van der Waals surface area contributed by atoms with Crippen molar-refractivity contribution in [2.75, 3.05) is 0 Å². The molecule has 0 heterocycles. The monoisotopic (exact) mass is 194 g/mol. The second-order valence-corrected chi connectivity index (χ2v) is 3.22. The van der Waals surface area contributed by atoms with Gasteiger partial charge in [0.2, 0.25) is 0 Å². The molecule has 0 bridgehead atoms. The van der Waals surface area contributed by atoms with Gasteiger partial charge in [0, 0.05) is 0 Å². The van der Waals surface area contributed by atoms with E-state index in [0.717, 1.165) is 6.29 Å². The molecule has 0 fully saturated rings. The first-order chi connectivity index (χ1) is 6.65. The third-order valence-corrected chi connectivity index (χ3v) is 2.04. The summed E-state index contributed by atoms with van der Waals surface area (Å²) in [7, 11) is 0. The third-order valence-electron chi connectivity index (χ3n) is 2.04. The second-order valence-electron chi connectivity index (χ2n) is 3.22. The number of aldehydes is 1. The van der Waals surface area contributed by atoms with E-state index < -0.39 is 6.10 Å². The minimum Gasteiger partial charge on any atom is -0.487 e. The van der Waals surface area contributed by atoms with Gasteiger partial charge in [-0.2, -0.15) is 0 Å². The van der Waals surface area contributed by atoms with Gasteiger partial charge in [-0.1, -0.05) is 12.1 Å². The molecule has 1 aromatic carbocycles. The number of carbonyl (C=O) groups excluding carboxylic acids is 1. The van der Waals surface area contributed by atoms with Crippen molar-refractivity contribution in [3.8, 4) is 5.75 Å². The van der Waals surface area contributed by atoms with Crippen molar-refractivity contribution in [3.63, 3.8) is 0 Å². The fourth-order valence-corrected chi connectivity index (χ4v) is 0.984. The Balaban J connectivity index is 2.80. The lowest BCUT2D eigenvalue weighted by molar-refractivity contribution is 0.0597. The molecule has 0 amide bonds. The first-order valence-corrected chi connectivity index (χ1v) is 4.54. The highest BCUT2D eigenvalue weighted by molar-refractivity contribution is 5.79. The predicted octanol–water partition coefficient (Wildman–Crippen LogP) is 1.65. The largest absolute Gasteiger partial charge is 0.487 e. The van der Waals surface area contributed by atoms with Gasteiger partial charge in [0.15, 0.2) is 6.29 Å². The number of rotatable bonds is 4. The zero-order valence-corrected chi connectivity index (χ0v) is 8.31. The Morgan fingerprint density at radius 1 is 1.36 bits per heavy atom. The molecule has 1 aromatic rings. The van der Waals surface area contributed by atoms with Crippen LogP contribution in [0, 0.1) is 0 Å². The minimum absolute atomic E-state index is 0.323. The van der Waals surface area contributed by atoms with Gasteiger partial charge in [0.05, 0.1) is 11.7 Å². The number of ether oxygens (including phenoxy) is 1. The fourth-order valence-electron chi connectivity index (χ4n) is 0.984. The molecule has 1 rings (SSSR count). The van der Waals surface area contributed by atoms with E-state index in [0.29, 0.717) is 11.3 Å². The Morgan fingerprint density at radius 3 is 2.57 bits per heavy atom. The van der Waals surface area contributed by atoms with Crippen molar-refractivity contribution >= 4 is 6.29 Å². The number of benzene rings is 1. The Bertz CT molecular complexity index is 307. The number of carbonyl (C=O) groups is 1. The topological polar surface area (TPSA) is 46.5 Å². The summed E-state index contributed by atoms with van der Waals surface area (Å²) in [5.41, 5.74) is 0.500. The molecule has 3 heteroatoms. The molecule has 0 spiro atoms. The Morgan fingerprint density at radius 2 is 2.00 bits per heavy atom. The van der Waals surface area contributed by atoms with Crippen LogP contribution in [0.15, 0.2) is 24.3 Å². The van der Waals surface area contributed by atoms with E-state index in [-0.39, 0.29) is 6.10 Å². The van der Waals surface area contributed by atoms with Crippen LogP contribution < -0.4 is 4.74 Å². The van der Waals surface area contributed by atoms with Gasteiger partial charge in [0.25, 0.3) is 0 Å². The average Bonchev–Trinajstić information content (AvgIpc) is 2.18. The maximum atomic E-state index is 10.6. The van der Waals surface area contributed by atoms with E-state index in [2.05, 4.69) is 0 Å². The molecule has 3 nitrogen and oxygen atoms in total. The van der Waals surface area contributed by atoms with Crippen LogP contribution >= 0.6 is 0 Å². The van der Waals surface area contributed by atoms with E-state index in [9.17, 15) is 9.90 Å². The zero-order chi connectivity index (χ0) is 10.6. The lowest BCUT2D eigenvalue weighted by Crippen LogP contribution is -2.25. The van der Waals surface area contributed by atoms with Gasteiger partial charge in [-0.05, 0) is 26.0 Å². The maximum Gasteiger partial charge on any atom is 0.153 e. The molecule has 0 radical (unpaired) electrons. The summed E-state index contributed by atoms with van der Waals surface area (Å²) in [5, 5.41) is 9.23. The molecule has 2 unspecified atom stereocenters. The predicted molar refractivity (Wildman–Crippen MR) is 53.6 cm³/mol. The van der Waals surface area contributed by atoms with Gasteiger partial charge in [-0.25, -0.2) is 0 Å². The molecule has 0 saturated heterocycles. The first-order valence-electron chi connectivity index (χ1n) is 4.54. The molecule has 0 aliphatic heterocycles. The Hall–Kier alpha value is -1.35. The summed E-state index contributed by atoms with van der Waals surface area (Å²) in [4.78, 5) is 10.6. The molecule has 0 aromatic heterocycles.